The zero-order chi connectivity index (χ0) is 28.8. The Balaban J connectivity index is 1.66. The Bertz CT molecular complexity index is 1410. The van der Waals surface area contributed by atoms with E-state index < -0.39 is 23.5 Å². The Morgan fingerprint density at radius 1 is 1.07 bits per heavy atom. The number of aliphatic hydroxyl groups excluding tert-OH is 2. The van der Waals surface area contributed by atoms with E-state index in [0.717, 1.165) is 22.9 Å². The molecule has 1 aromatic carbocycles. The third-order valence-corrected chi connectivity index (χ3v) is 9.70. The molecule has 2 aliphatic carbocycles. The second-order valence-electron chi connectivity index (χ2n) is 12.1. The molecule has 6 heteroatoms. The maximum absolute atomic E-state index is 14.4. The molecule has 40 heavy (non-hydrogen) atoms. The van der Waals surface area contributed by atoms with Crippen LogP contribution >= 0.6 is 0 Å². The molecule has 1 amide bonds. The molecule has 4 N–H and O–H groups in total. The van der Waals surface area contributed by atoms with E-state index in [9.17, 15) is 19.8 Å². The van der Waals surface area contributed by atoms with Gasteiger partial charge in [0, 0.05) is 40.9 Å². The average Bonchev–Trinajstić information content (AvgIpc) is 3.50. The van der Waals surface area contributed by atoms with E-state index in [-0.39, 0.29) is 41.4 Å². The lowest BCUT2D eigenvalue weighted by molar-refractivity contribution is -0.142. The van der Waals surface area contributed by atoms with Gasteiger partial charge in [0.05, 0.1) is 0 Å². The van der Waals surface area contributed by atoms with Crippen LogP contribution < -0.4 is 5.32 Å². The van der Waals surface area contributed by atoms with Crippen molar-refractivity contribution in [3.8, 4) is 0 Å². The zero-order valence-electron chi connectivity index (χ0n) is 24.1. The molecule has 3 aliphatic rings. The highest BCUT2D eigenvalue weighted by atomic mass is 16.3. The summed E-state index contributed by atoms with van der Waals surface area (Å²) >= 11 is 0. The number of rotatable bonds is 3. The molecule has 2 aromatic rings. The molecule has 0 bridgehead atoms. The minimum absolute atomic E-state index is 0.0349. The number of aromatic nitrogens is 1. The van der Waals surface area contributed by atoms with Gasteiger partial charge in [0.2, 0.25) is 5.91 Å². The highest BCUT2D eigenvalue weighted by Crippen LogP contribution is 2.57. The van der Waals surface area contributed by atoms with Crippen LogP contribution in [0, 0.1) is 29.1 Å². The van der Waals surface area contributed by atoms with Crippen molar-refractivity contribution >= 4 is 22.6 Å². The maximum Gasteiger partial charge on any atom is 0.235 e. The van der Waals surface area contributed by atoms with Crippen molar-refractivity contribution in [1.29, 1.82) is 0 Å². The number of benzene rings is 1. The van der Waals surface area contributed by atoms with Gasteiger partial charge in [0.1, 0.15) is 17.6 Å². The van der Waals surface area contributed by atoms with E-state index >= 15 is 0 Å². The van der Waals surface area contributed by atoms with Crippen molar-refractivity contribution in [3.05, 3.63) is 83.6 Å². The third-order valence-electron chi connectivity index (χ3n) is 9.70. The van der Waals surface area contributed by atoms with Gasteiger partial charge < -0.3 is 20.5 Å². The lowest BCUT2D eigenvalue weighted by Gasteiger charge is -2.46. The Hall–Kier alpha value is -3.22. The van der Waals surface area contributed by atoms with Crippen molar-refractivity contribution in [2.24, 2.45) is 29.1 Å². The normalized spacial score (nSPS) is 35.5. The number of amides is 1. The van der Waals surface area contributed by atoms with E-state index in [1.165, 1.54) is 17.7 Å². The fourth-order valence-corrected chi connectivity index (χ4v) is 7.64. The summed E-state index contributed by atoms with van der Waals surface area (Å²) in [5.41, 5.74) is 2.68. The highest BCUT2D eigenvalue weighted by Gasteiger charge is 2.66. The summed E-state index contributed by atoms with van der Waals surface area (Å²) in [7, 11) is 0. The summed E-state index contributed by atoms with van der Waals surface area (Å²) in [4.78, 5) is 32.0. The van der Waals surface area contributed by atoms with Gasteiger partial charge in [-0.05, 0) is 67.9 Å². The molecule has 1 aromatic heterocycles. The van der Waals surface area contributed by atoms with Crippen molar-refractivity contribution in [2.45, 2.75) is 71.6 Å². The first-order valence-electron chi connectivity index (χ1n) is 14.6. The molecule has 1 aliphatic heterocycles. The molecule has 0 radical (unpaired) electrons. The van der Waals surface area contributed by atoms with Gasteiger partial charge in [0.25, 0.3) is 0 Å². The molecule has 0 saturated carbocycles. The number of aliphatic hydroxyl groups is 2. The monoisotopic (exact) mass is 542 g/mol. The molecule has 5 rings (SSSR count). The van der Waals surface area contributed by atoms with Crippen LogP contribution in [-0.2, 0) is 9.59 Å². The van der Waals surface area contributed by atoms with Crippen molar-refractivity contribution < 1.29 is 19.8 Å². The lowest BCUT2D eigenvalue weighted by Crippen LogP contribution is -2.52. The first-order valence-corrected chi connectivity index (χ1v) is 14.6. The summed E-state index contributed by atoms with van der Waals surface area (Å²) in [5.74, 6) is -1.17. The average molecular weight is 543 g/mol. The largest absolute Gasteiger partial charge is 0.386 e. The van der Waals surface area contributed by atoms with E-state index in [1.54, 1.807) is 6.92 Å². The molecule has 2 heterocycles. The van der Waals surface area contributed by atoms with Crippen molar-refractivity contribution in [3.63, 3.8) is 0 Å². The van der Waals surface area contributed by atoms with E-state index in [1.807, 2.05) is 36.5 Å². The topological polar surface area (TPSA) is 102 Å². The molecule has 1 saturated heterocycles. The van der Waals surface area contributed by atoms with Crippen LogP contribution in [0.2, 0.25) is 0 Å². The molecule has 1 fully saturated rings. The molecular formula is C34H42N2O4. The summed E-state index contributed by atoms with van der Waals surface area (Å²) < 4.78 is 0. The number of para-hydroxylation sites is 1. The third kappa shape index (κ3) is 4.51. The second kappa shape index (κ2) is 11.0. The van der Waals surface area contributed by atoms with Crippen LogP contribution in [0.5, 0.6) is 0 Å². The number of ketones is 1. The Labute approximate surface area is 236 Å². The maximum atomic E-state index is 14.4. The Morgan fingerprint density at radius 3 is 2.58 bits per heavy atom. The van der Waals surface area contributed by atoms with Gasteiger partial charge in [-0.15, -0.1) is 0 Å². The van der Waals surface area contributed by atoms with Gasteiger partial charge in [-0.2, -0.15) is 0 Å². The zero-order valence-corrected chi connectivity index (χ0v) is 24.1. The fourth-order valence-electron chi connectivity index (χ4n) is 7.64. The van der Waals surface area contributed by atoms with Crippen LogP contribution in [0.4, 0.5) is 0 Å². The fraction of sp³-hybridized carbons (Fsp3) is 0.471. The predicted molar refractivity (Wildman–Crippen MR) is 158 cm³/mol. The molecule has 9 atom stereocenters. The number of nitrogens with one attached hydrogen (secondary N) is 2. The van der Waals surface area contributed by atoms with Gasteiger partial charge >= 0.3 is 0 Å². The Kier molecular flexibility index (Phi) is 7.77. The summed E-state index contributed by atoms with van der Waals surface area (Å²) in [6.45, 7) is 10.2. The van der Waals surface area contributed by atoms with Crippen LogP contribution in [0.3, 0.4) is 0 Å². The lowest BCUT2D eigenvalue weighted by atomic mass is 9.53. The summed E-state index contributed by atoms with van der Waals surface area (Å²) in [6.07, 6.45) is 12.0. The first-order chi connectivity index (χ1) is 19.1. The number of carbonyl (C=O) groups excluding carboxylic acids is 2. The minimum Gasteiger partial charge on any atom is -0.386 e. The molecule has 212 valence electrons. The number of aromatic amines is 1. The van der Waals surface area contributed by atoms with E-state index in [0.29, 0.717) is 12.0 Å². The van der Waals surface area contributed by atoms with Crippen LogP contribution in [0.1, 0.15) is 58.9 Å². The van der Waals surface area contributed by atoms with Gasteiger partial charge in [-0.1, -0.05) is 68.8 Å². The quantitative estimate of drug-likeness (QED) is 0.310. The number of hydrogen-bond donors (Lipinski definition) is 4. The number of fused-ring (bicyclic) bond motifs is 1. The van der Waals surface area contributed by atoms with Gasteiger partial charge in [-0.25, -0.2) is 0 Å². The number of carbonyl (C=O) groups is 2. The number of allylic oxidation sites excluding steroid dienone is 6. The minimum atomic E-state index is -1.34. The second-order valence-corrected chi connectivity index (χ2v) is 12.1. The van der Waals surface area contributed by atoms with E-state index in [4.69, 9.17) is 0 Å². The SMILES string of the molecule is CC[C@@H]1C(C)=C[C@@H]2C=CC[C@H](C)C=C(C)[C@@H](O)[C@@H](O)C=CC(=O)[C@]23C(=O)N[C@@H]([C@H](C)c2c[nH]c4ccccc24)[C@H]13. The smallest absolute Gasteiger partial charge is 0.235 e. The predicted octanol–water partition coefficient (Wildman–Crippen LogP) is 5.36. The van der Waals surface area contributed by atoms with Crippen LogP contribution in [-0.4, -0.2) is 45.1 Å². The molecular weight excluding hydrogens is 500 g/mol. The standard InChI is InChI=1S/C34H42N2O4/c1-6-24-20(3)17-23-11-9-10-19(2)16-21(4)32(39)28(37)14-15-29(38)34(23)30(24)31(36-33(34)40)22(5)26-18-35-27-13-8-7-12-25(26)27/h7-9,11-19,22-24,28,30-32,35,37,39H,6,10H2,1-5H3,(H,36,40)/t19-,22+,23-,24+,28-,30-,31-,32+,34+/m0/s1. The van der Waals surface area contributed by atoms with E-state index in [2.05, 4.69) is 56.2 Å². The Morgan fingerprint density at radius 2 is 1.82 bits per heavy atom. The summed E-state index contributed by atoms with van der Waals surface area (Å²) in [6, 6.07) is 7.90. The van der Waals surface area contributed by atoms with Crippen LogP contribution in [0.15, 0.2) is 78.1 Å². The van der Waals surface area contributed by atoms with Gasteiger partial charge in [0.15, 0.2) is 5.78 Å². The number of H-pyrrole nitrogens is 1. The van der Waals surface area contributed by atoms with Gasteiger partial charge in [-0.3, -0.25) is 9.59 Å². The van der Waals surface area contributed by atoms with Crippen LogP contribution in [0.25, 0.3) is 10.9 Å². The molecule has 6 nitrogen and oxygen atoms in total. The van der Waals surface area contributed by atoms with Crippen molar-refractivity contribution in [1.82, 2.24) is 10.3 Å². The molecule has 0 unspecified atom stereocenters. The summed E-state index contributed by atoms with van der Waals surface area (Å²) in [5, 5.41) is 25.9. The highest BCUT2D eigenvalue weighted by molar-refractivity contribution is 6.14. The molecule has 1 spiro atoms. The number of hydrogen-bond acceptors (Lipinski definition) is 4. The van der Waals surface area contributed by atoms with Crippen molar-refractivity contribution in [2.75, 3.05) is 0 Å². The first kappa shape index (κ1) is 28.3.